The second-order valence-corrected chi connectivity index (χ2v) is 5.77. The van der Waals surface area contributed by atoms with Crippen molar-refractivity contribution in [2.45, 2.75) is 45.2 Å². The van der Waals surface area contributed by atoms with Crippen molar-refractivity contribution in [3.63, 3.8) is 0 Å². The summed E-state index contributed by atoms with van der Waals surface area (Å²) in [7, 11) is 0. The van der Waals surface area contributed by atoms with Gasteiger partial charge in [-0.1, -0.05) is 6.92 Å². The van der Waals surface area contributed by atoms with Crippen LogP contribution >= 0.6 is 11.8 Å². The maximum atomic E-state index is 2.76. The lowest BCUT2D eigenvalue weighted by Crippen LogP contribution is -2.41. The highest BCUT2D eigenvalue weighted by Crippen LogP contribution is 2.30. The van der Waals surface area contributed by atoms with Gasteiger partial charge in [-0.25, -0.2) is 0 Å². The van der Waals surface area contributed by atoms with Crippen LogP contribution in [-0.4, -0.2) is 35.0 Å². The maximum absolute atomic E-state index is 2.76. The summed E-state index contributed by atoms with van der Waals surface area (Å²) in [6, 6.07) is 1.74. The topological polar surface area (TPSA) is 3.24 Å². The molecule has 2 aliphatic heterocycles. The Balaban J connectivity index is 1.92. The summed E-state index contributed by atoms with van der Waals surface area (Å²) in [6.45, 7) is 6.17. The van der Waals surface area contributed by atoms with Crippen LogP contribution in [0.5, 0.6) is 0 Å². The van der Waals surface area contributed by atoms with Crippen LogP contribution < -0.4 is 0 Å². The van der Waals surface area contributed by atoms with Gasteiger partial charge in [0.1, 0.15) is 0 Å². The van der Waals surface area contributed by atoms with Crippen LogP contribution in [0.25, 0.3) is 0 Å². The van der Waals surface area contributed by atoms with Gasteiger partial charge in [0.2, 0.25) is 0 Å². The van der Waals surface area contributed by atoms with Crippen LogP contribution in [0.3, 0.4) is 0 Å². The smallest absolute Gasteiger partial charge is 0.0189 e. The zero-order valence-electron chi connectivity index (χ0n) is 8.83. The quantitative estimate of drug-likeness (QED) is 0.638. The number of hydrogen-bond donors (Lipinski definition) is 0. The predicted molar refractivity (Wildman–Crippen MR) is 60.3 cm³/mol. The number of nitrogens with zero attached hydrogens (tertiary/aromatic N) is 1. The molecular weight excluding hydrogens is 178 g/mol. The third-order valence-electron chi connectivity index (χ3n) is 3.79. The van der Waals surface area contributed by atoms with Gasteiger partial charge in [0, 0.05) is 17.8 Å². The Bertz CT molecular complexity index is 165. The van der Waals surface area contributed by atoms with E-state index in [1.165, 1.54) is 37.3 Å². The highest BCUT2D eigenvalue weighted by molar-refractivity contribution is 7.99. The normalized spacial score (nSPS) is 42.5. The summed E-state index contributed by atoms with van der Waals surface area (Å²) in [4.78, 5) is 2.76. The Morgan fingerprint density at radius 2 is 2.08 bits per heavy atom. The minimum Gasteiger partial charge on any atom is -0.297 e. The zero-order chi connectivity index (χ0) is 9.26. The third-order valence-corrected chi connectivity index (χ3v) is 4.99. The fourth-order valence-corrected chi connectivity index (χ4v) is 3.79. The molecule has 2 aliphatic rings. The number of hydrogen-bond acceptors (Lipinski definition) is 2. The van der Waals surface area contributed by atoms with Gasteiger partial charge in [-0.05, 0) is 44.4 Å². The molecule has 0 aromatic heterocycles. The van der Waals surface area contributed by atoms with Crippen LogP contribution in [-0.2, 0) is 0 Å². The highest BCUT2D eigenvalue weighted by atomic mass is 32.2. The summed E-state index contributed by atoms with van der Waals surface area (Å²) in [5.74, 6) is 3.71. The number of rotatable bonds is 1. The summed E-state index contributed by atoms with van der Waals surface area (Å²) in [5, 5.41) is 0. The van der Waals surface area contributed by atoms with Gasteiger partial charge in [-0.3, -0.25) is 4.90 Å². The molecule has 0 aliphatic carbocycles. The van der Waals surface area contributed by atoms with Crippen molar-refractivity contribution in [1.82, 2.24) is 4.90 Å². The molecule has 1 nitrogen and oxygen atoms in total. The number of thioether (sulfide) groups is 1. The van der Waals surface area contributed by atoms with E-state index in [0.29, 0.717) is 0 Å². The fraction of sp³-hybridized carbons (Fsp3) is 1.00. The predicted octanol–water partition coefficient (Wildman–Crippen LogP) is 2.61. The number of likely N-dealkylation sites (tertiary alicyclic amines) is 1. The molecule has 0 N–H and O–H groups in total. The van der Waals surface area contributed by atoms with Gasteiger partial charge < -0.3 is 0 Å². The monoisotopic (exact) mass is 199 g/mol. The van der Waals surface area contributed by atoms with Gasteiger partial charge in [0.15, 0.2) is 0 Å². The van der Waals surface area contributed by atoms with Crippen LogP contribution in [0, 0.1) is 5.92 Å². The first kappa shape index (κ1) is 9.85. The average Bonchev–Trinajstić information content (AvgIpc) is 2.49. The Morgan fingerprint density at radius 1 is 1.23 bits per heavy atom. The van der Waals surface area contributed by atoms with Crippen molar-refractivity contribution in [1.29, 1.82) is 0 Å². The molecule has 2 rings (SSSR count). The first-order chi connectivity index (χ1) is 6.29. The van der Waals surface area contributed by atoms with E-state index in [2.05, 4.69) is 30.5 Å². The molecule has 76 valence electrons. The van der Waals surface area contributed by atoms with E-state index in [9.17, 15) is 0 Å². The highest BCUT2D eigenvalue weighted by Gasteiger charge is 2.32. The van der Waals surface area contributed by atoms with Crippen molar-refractivity contribution < 1.29 is 0 Å². The molecule has 0 spiro atoms. The van der Waals surface area contributed by atoms with Crippen LogP contribution in [0.1, 0.15) is 33.1 Å². The molecule has 0 radical (unpaired) electrons. The van der Waals surface area contributed by atoms with Crippen LogP contribution in [0.2, 0.25) is 0 Å². The first-order valence-corrected chi connectivity index (χ1v) is 6.78. The molecule has 2 heterocycles. The Labute approximate surface area is 86.3 Å². The lowest BCUT2D eigenvalue weighted by atomic mass is 10.0. The fourth-order valence-electron chi connectivity index (χ4n) is 2.62. The molecule has 0 bridgehead atoms. The Kier molecular flexibility index (Phi) is 3.20. The molecule has 0 aromatic carbocycles. The van der Waals surface area contributed by atoms with Gasteiger partial charge >= 0.3 is 0 Å². The van der Waals surface area contributed by atoms with Crippen LogP contribution in [0.15, 0.2) is 0 Å². The molecule has 2 fully saturated rings. The summed E-state index contributed by atoms with van der Waals surface area (Å²) in [5.41, 5.74) is 0. The third kappa shape index (κ3) is 2.04. The largest absolute Gasteiger partial charge is 0.297 e. The van der Waals surface area contributed by atoms with E-state index < -0.39 is 0 Å². The molecule has 13 heavy (non-hydrogen) atoms. The van der Waals surface area contributed by atoms with Crippen molar-refractivity contribution in [2.24, 2.45) is 5.92 Å². The molecular formula is C11H21NS. The van der Waals surface area contributed by atoms with Crippen LogP contribution in [0.4, 0.5) is 0 Å². The average molecular weight is 199 g/mol. The molecule has 0 saturated carbocycles. The van der Waals surface area contributed by atoms with Gasteiger partial charge in [0.05, 0.1) is 0 Å². The summed E-state index contributed by atoms with van der Waals surface area (Å²) < 4.78 is 0. The zero-order valence-corrected chi connectivity index (χ0v) is 9.65. The van der Waals surface area contributed by atoms with E-state index in [4.69, 9.17) is 0 Å². The SMILES string of the molecule is CC1CCN(C2CCCSC2)C1C. The van der Waals surface area contributed by atoms with E-state index >= 15 is 0 Å². The van der Waals surface area contributed by atoms with E-state index in [0.717, 1.165) is 18.0 Å². The first-order valence-electron chi connectivity index (χ1n) is 5.62. The summed E-state index contributed by atoms with van der Waals surface area (Å²) >= 11 is 2.15. The lowest BCUT2D eigenvalue weighted by Gasteiger charge is -2.34. The van der Waals surface area contributed by atoms with Gasteiger partial charge in [-0.2, -0.15) is 11.8 Å². The molecule has 2 saturated heterocycles. The van der Waals surface area contributed by atoms with Gasteiger partial charge in [0.25, 0.3) is 0 Å². The second kappa shape index (κ2) is 4.22. The van der Waals surface area contributed by atoms with Crippen molar-refractivity contribution in [2.75, 3.05) is 18.1 Å². The van der Waals surface area contributed by atoms with Gasteiger partial charge in [-0.15, -0.1) is 0 Å². The minimum atomic E-state index is 0.837. The molecule has 0 amide bonds. The standard InChI is InChI=1S/C11H21NS/c1-9-5-6-12(10(9)2)11-4-3-7-13-8-11/h9-11H,3-8H2,1-2H3. The van der Waals surface area contributed by atoms with Crippen molar-refractivity contribution >= 4 is 11.8 Å². The van der Waals surface area contributed by atoms with E-state index in [-0.39, 0.29) is 0 Å². The summed E-state index contributed by atoms with van der Waals surface area (Å²) in [6.07, 6.45) is 4.30. The molecule has 0 aromatic rings. The van der Waals surface area contributed by atoms with Crippen molar-refractivity contribution in [3.05, 3.63) is 0 Å². The van der Waals surface area contributed by atoms with E-state index in [1.54, 1.807) is 0 Å². The second-order valence-electron chi connectivity index (χ2n) is 4.62. The maximum Gasteiger partial charge on any atom is 0.0189 e. The van der Waals surface area contributed by atoms with Crippen molar-refractivity contribution in [3.8, 4) is 0 Å². The lowest BCUT2D eigenvalue weighted by molar-refractivity contribution is 0.180. The molecule has 2 heteroatoms. The molecule has 3 atom stereocenters. The molecule has 3 unspecified atom stereocenters. The minimum absolute atomic E-state index is 0.837. The van der Waals surface area contributed by atoms with E-state index in [1.807, 2.05) is 0 Å². The Hall–Kier alpha value is 0.310. The Morgan fingerprint density at radius 3 is 2.62 bits per heavy atom.